The highest BCUT2D eigenvalue weighted by molar-refractivity contribution is 6.08. The average molecular weight is 680 g/mol. The molecule has 0 fully saturated rings. The molecule has 0 N–H and O–H groups in total. The van der Waals surface area contributed by atoms with Crippen LogP contribution < -0.4 is 4.90 Å². The molecule has 11 rings (SSSR count). The first-order valence-electron chi connectivity index (χ1n) is 18.2. The summed E-state index contributed by atoms with van der Waals surface area (Å²) >= 11 is 0. The molecule has 0 unspecified atom stereocenters. The second kappa shape index (κ2) is 11.3. The fourth-order valence-electron chi connectivity index (χ4n) is 8.71. The number of benzene rings is 8. The van der Waals surface area contributed by atoms with Crippen LogP contribution in [0.15, 0.2) is 191 Å². The Morgan fingerprint density at radius 3 is 1.70 bits per heavy atom. The summed E-state index contributed by atoms with van der Waals surface area (Å²) < 4.78 is 12.7. The minimum absolute atomic E-state index is 0.265. The third kappa shape index (κ3) is 4.47. The Bertz CT molecular complexity index is 2980. The first-order valence-corrected chi connectivity index (χ1v) is 18.2. The summed E-state index contributed by atoms with van der Waals surface area (Å²) in [5.74, 6) is 0. The fourth-order valence-corrected chi connectivity index (χ4v) is 8.71. The van der Waals surface area contributed by atoms with E-state index >= 15 is 0 Å². The van der Waals surface area contributed by atoms with Gasteiger partial charge in [-0.3, -0.25) is 0 Å². The van der Waals surface area contributed by atoms with Crippen LogP contribution in [-0.4, -0.2) is 0 Å². The molecule has 1 aliphatic carbocycles. The van der Waals surface area contributed by atoms with E-state index in [1.165, 1.54) is 27.8 Å². The van der Waals surface area contributed by atoms with Gasteiger partial charge in [0.25, 0.3) is 0 Å². The summed E-state index contributed by atoms with van der Waals surface area (Å²) in [5, 5.41) is 4.48. The van der Waals surface area contributed by atoms with Gasteiger partial charge in [-0.15, -0.1) is 0 Å². The van der Waals surface area contributed by atoms with Crippen molar-refractivity contribution in [2.45, 2.75) is 12.3 Å². The van der Waals surface area contributed by atoms with Crippen LogP contribution in [0.5, 0.6) is 0 Å². The lowest BCUT2D eigenvalue weighted by Crippen LogP contribution is -2.22. The van der Waals surface area contributed by atoms with E-state index in [4.69, 9.17) is 8.83 Å². The Labute approximate surface area is 307 Å². The van der Waals surface area contributed by atoms with Crippen molar-refractivity contribution in [1.29, 1.82) is 0 Å². The predicted molar refractivity (Wildman–Crippen MR) is 219 cm³/mol. The highest BCUT2D eigenvalue weighted by Crippen LogP contribution is 2.52. The number of furan rings is 2. The van der Waals surface area contributed by atoms with Crippen molar-refractivity contribution in [3.63, 3.8) is 0 Å². The topological polar surface area (TPSA) is 29.5 Å². The molecule has 10 aromatic rings. The van der Waals surface area contributed by atoms with E-state index in [9.17, 15) is 0 Å². The molecule has 53 heavy (non-hydrogen) atoms. The van der Waals surface area contributed by atoms with Gasteiger partial charge in [-0.05, 0) is 113 Å². The molecule has 2 aromatic heterocycles. The lowest BCUT2D eigenvalue weighted by molar-refractivity contribution is 0.662. The Kier molecular flexibility index (Phi) is 6.38. The van der Waals surface area contributed by atoms with Gasteiger partial charge in [0.15, 0.2) is 0 Å². The minimum atomic E-state index is -0.265. The Morgan fingerprint density at radius 1 is 0.377 bits per heavy atom. The number of fused-ring (bicyclic) bond motifs is 9. The lowest BCUT2D eigenvalue weighted by Gasteiger charge is -2.28. The van der Waals surface area contributed by atoms with Crippen LogP contribution in [0.25, 0.3) is 66.1 Å². The third-order valence-electron chi connectivity index (χ3n) is 11.4. The first-order chi connectivity index (χ1) is 26.1. The molecular formula is C50H33NO2. The molecule has 0 saturated carbocycles. The maximum Gasteiger partial charge on any atom is 0.135 e. The van der Waals surface area contributed by atoms with Gasteiger partial charge >= 0.3 is 0 Å². The SMILES string of the molecule is CC1(c2ccc3c(c2)oc2ccc(-c4ccc(N(c5ccccc5)c5ccc6oc7ccccc7c6c5)cc4)cc23)c2ccccc2-c2ccccc21. The summed E-state index contributed by atoms with van der Waals surface area (Å²) in [7, 11) is 0. The molecular weight excluding hydrogens is 647 g/mol. The zero-order chi connectivity index (χ0) is 35.1. The Balaban J connectivity index is 0.968. The van der Waals surface area contributed by atoms with Gasteiger partial charge in [-0.1, -0.05) is 115 Å². The third-order valence-corrected chi connectivity index (χ3v) is 11.4. The van der Waals surface area contributed by atoms with E-state index in [0.717, 1.165) is 72.1 Å². The Morgan fingerprint density at radius 2 is 0.925 bits per heavy atom. The summed E-state index contributed by atoms with van der Waals surface area (Å²) in [6.45, 7) is 2.35. The van der Waals surface area contributed by atoms with Gasteiger partial charge in [-0.2, -0.15) is 0 Å². The minimum Gasteiger partial charge on any atom is -0.456 e. The molecule has 0 aliphatic heterocycles. The van der Waals surface area contributed by atoms with Crippen LogP contribution in [0.4, 0.5) is 17.1 Å². The summed E-state index contributed by atoms with van der Waals surface area (Å²) in [5.41, 5.74) is 15.4. The highest BCUT2D eigenvalue weighted by atomic mass is 16.3. The standard InChI is InChI=1S/C50H33NO2/c1-50(44-16-8-5-13-38(44)39-14-6-9-17-45(39)50)34-22-26-41-42-29-33(21-27-47(42)53-49(41)30-34)32-19-23-36(24-20-32)51(35-11-3-2-4-12-35)37-25-28-48-43(31-37)40-15-7-10-18-46(40)52-48/h2-31H,1H3. The summed E-state index contributed by atoms with van der Waals surface area (Å²) in [4.78, 5) is 2.30. The van der Waals surface area contributed by atoms with Crippen molar-refractivity contribution < 1.29 is 8.83 Å². The second-order valence-corrected chi connectivity index (χ2v) is 14.2. The maximum atomic E-state index is 6.55. The smallest absolute Gasteiger partial charge is 0.135 e. The molecule has 3 heteroatoms. The van der Waals surface area contributed by atoms with Crippen molar-refractivity contribution in [1.82, 2.24) is 0 Å². The van der Waals surface area contributed by atoms with E-state index in [-0.39, 0.29) is 5.41 Å². The van der Waals surface area contributed by atoms with Crippen molar-refractivity contribution in [3.8, 4) is 22.3 Å². The van der Waals surface area contributed by atoms with Crippen molar-refractivity contribution in [2.75, 3.05) is 4.90 Å². The molecule has 8 aromatic carbocycles. The molecule has 2 heterocycles. The van der Waals surface area contributed by atoms with Crippen molar-refractivity contribution >= 4 is 60.9 Å². The molecule has 0 bridgehead atoms. The fraction of sp³-hybridized carbons (Fsp3) is 0.0400. The van der Waals surface area contributed by atoms with Crippen LogP contribution in [0, 0.1) is 0 Å². The largest absolute Gasteiger partial charge is 0.456 e. The molecule has 3 nitrogen and oxygen atoms in total. The van der Waals surface area contributed by atoms with Crippen LogP contribution in [-0.2, 0) is 5.41 Å². The van der Waals surface area contributed by atoms with E-state index in [0.29, 0.717) is 0 Å². The Hall–Kier alpha value is -6.84. The van der Waals surface area contributed by atoms with E-state index in [2.05, 4.69) is 182 Å². The molecule has 0 saturated heterocycles. The van der Waals surface area contributed by atoms with Crippen LogP contribution >= 0.6 is 0 Å². The normalized spacial score (nSPS) is 13.2. The number of rotatable bonds is 5. The van der Waals surface area contributed by atoms with Gasteiger partial charge in [0.2, 0.25) is 0 Å². The van der Waals surface area contributed by atoms with Gasteiger partial charge in [0.05, 0.1) is 0 Å². The van der Waals surface area contributed by atoms with Crippen LogP contribution in [0.3, 0.4) is 0 Å². The summed E-state index contributed by atoms with van der Waals surface area (Å²) in [6, 6.07) is 65.0. The van der Waals surface area contributed by atoms with Gasteiger partial charge in [-0.25, -0.2) is 0 Å². The lowest BCUT2D eigenvalue weighted by atomic mass is 9.74. The zero-order valence-electron chi connectivity index (χ0n) is 29.1. The molecule has 0 spiro atoms. The van der Waals surface area contributed by atoms with Gasteiger partial charge in [0, 0.05) is 44.0 Å². The molecule has 1 aliphatic rings. The molecule has 0 atom stereocenters. The number of anilines is 3. The second-order valence-electron chi connectivity index (χ2n) is 14.2. The van der Waals surface area contributed by atoms with Gasteiger partial charge < -0.3 is 13.7 Å². The number of nitrogens with zero attached hydrogens (tertiary/aromatic N) is 1. The van der Waals surface area contributed by atoms with Crippen molar-refractivity contribution in [2.24, 2.45) is 0 Å². The first kappa shape index (κ1) is 29.8. The predicted octanol–water partition coefficient (Wildman–Crippen LogP) is 14.0. The van der Waals surface area contributed by atoms with E-state index < -0.39 is 0 Å². The monoisotopic (exact) mass is 679 g/mol. The highest BCUT2D eigenvalue weighted by Gasteiger charge is 2.40. The summed E-state index contributed by atoms with van der Waals surface area (Å²) in [6.07, 6.45) is 0. The van der Waals surface area contributed by atoms with Crippen LogP contribution in [0.1, 0.15) is 23.6 Å². The number of hydrogen-bond donors (Lipinski definition) is 0. The van der Waals surface area contributed by atoms with E-state index in [1.807, 2.05) is 12.1 Å². The average Bonchev–Trinajstić information content (AvgIpc) is 3.86. The quantitative estimate of drug-likeness (QED) is 0.181. The molecule has 250 valence electrons. The molecule has 0 radical (unpaired) electrons. The number of hydrogen-bond acceptors (Lipinski definition) is 3. The zero-order valence-corrected chi connectivity index (χ0v) is 29.1. The number of para-hydroxylation sites is 2. The van der Waals surface area contributed by atoms with Crippen LogP contribution in [0.2, 0.25) is 0 Å². The van der Waals surface area contributed by atoms with Gasteiger partial charge in [0.1, 0.15) is 22.3 Å². The van der Waals surface area contributed by atoms with E-state index in [1.54, 1.807) is 0 Å². The molecule has 0 amide bonds. The maximum absolute atomic E-state index is 6.55. The van der Waals surface area contributed by atoms with Crippen molar-refractivity contribution in [3.05, 3.63) is 199 Å².